The van der Waals surface area contributed by atoms with Gasteiger partial charge in [0.15, 0.2) is 0 Å². The van der Waals surface area contributed by atoms with Crippen LogP contribution in [0.2, 0.25) is 0 Å². The van der Waals surface area contributed by atoms with Crippen LogP contribution in [0.15, 0.2) is 24.5 Å². The van der Waals surface area contributed by atoms with Crippen molar-refractivity contribution in [3.63, 3.8) is 0 Å². The Kier molecular flexibility index (Phi) is 3.21. The summed E-state index contributed by atoms with van der Waals surface area (Å²) in [6.45, 7) is 5.25. The molecule has 0 saturated carbocycles. The van der Waals surface area contributed by atoms with Crippen LogP contribution in [0.1, 0.15) is 38.3 Å². The van der Waals surface area contributed by atoms with Gasteiger partial charge in [0.25, 0.3) is 0 Å². The van der Waals surface area contributed by atoms with Crippen LogP contribution in [0.4, 0.5) is 0 Å². The largest absolute Gasteiger partial charge is 0.307 e. The lowest BCUT2D eigenvalue weighted by molar-refractivity contribution is 0.471. The molecule has 0 amide bonds. The highest BCUT2D eigenvalue weighted by Gasteiger charge is 2.14. The first kappa shape index (κ1) is 10.4. The minimum atomic E-state index is 0.398. The Morgan fingerprint density at radius 1 is 1.53 bits per heavy atom. The maximum atomic E-state index is 4.29. The predicted octanol–water partition coefficient (Wildman–Crippen LogP) is 2.27. The molecule has 82 valence electrons. The van der Waals surface area contributed by atoms with Gasteiger partial charge in [-0.3, -0.25) is 4.68 Å². The van der Waals surface area contributed by atoms with Crippen LogP contribution in [-0.4, -0.2) is 15.8 Å². The lowest BCUT2D eigenvalue weighted by atomic mass is 10.1. The van der Waals surface area contributed by atoms with Gasteiger partial charge in [-0.2, -0.15) is 5.10 Å². The Balaban J connectivity index is 1.91. The van der Waals surface area contributed by atoms with E-state index in [1.807, 2.05) is 10.9 Å². The van der Waals surface area contributed by atoms with E-state index in [9.17, 15) is 0 Å². The Hall–Kier alpha value is -1.09. The fraction of sp³-hybridized carbons (Fsp3) is 0.583. The maximum Gasteiger partial charge on any atom is 0.0537 e. The van der Waals surface area contributed by atoms with Gasteiger partial charge >= 0.3 is 0 Å². The molecule has 1 aliphatic rings. The Morgan fingerprint density at radius 2 is 2.27 bits per heavy atom. The monoisotopic (exact) mass is 205 g/mol. The number of rotatable bonds is 4. The van der Waals surface area contributed by atoms with Crippen molar-refractivity contribution in [2.45, 2.75) is 45.3 Å². The van der Waals surface area contributed by atoms with Crippen LogP contribution in [0.25, 0.3) is 0 Å². The van der Waals surface area contributed by atoms with E-state index in [0.29, 0.717) is 12.1 Å². The molecule has 1 heterocycles. The van der Waals surface area contributed by atoms with Gasteiger partial charge in [0.05, 0.1) is 6.20 Å². The highest BCUT2D eigenvalue weighted by atomic mass is 15.3. The third-order valence-electron chi connectivity index (χ3n) is 2.97. The van der Waals surface area contributed by atoms with Crippen LogP contribution in [0, 0.1) is 0 Å². The van der Waals surface area contributed by atoms with E-state index in [2.05, 4.69) is 42.6 Å². The molecule has 1 aliphatic carbocycles. The van der Waals surface area contributed by atoms with Crippen molar-refractivity contribution in [3.8, 4) is 0 Å². The van der Waals surface area contributed by atoms with Crippen molar-refractivity contribution in [2.24, 2.45) is 0 Å². The highest BCUT2D eigenvalue weighted by Crippen LogP contribution is 2.17. The summed E-state index contributed by atoms with van der Waals surface area (Å²) in [5.74, 6) is 0. The van der Waals surface area contributed by atoms with Crippen molar-refractivity contribution in [3.05, 3.63) is 30.1 Å². The number of nitrogens with zero attached hydrogens (tertiary/aromatic N) is 2. The second kappa shape index (κ2) is 4.62. The molecule has 1 atom stereocenters. The zero-order valence-electron chi connectivity index (χ0n) is 9.48. The Morgan fingerprint density at radius 3 is 2.87 bits per heavy atom. The molecule has 3 nitrogen and oxygen atoms in total. The van der Waals surface area contributed by atoms with Crippen LogP contribution >= 0.6 is 0 Å². The number of hydrogen-bond donors (Lipinski definition) is 1. The van der Waals surface area contributed by atoms with Crippen molar-refractivity contribution in [2.75, 3.05) is 0 Å². The quantitative estimate of drug-likeness (QED) is 0.764. The normalized spacial score (nSPS) is 18.5. The van der Waals surface area contributed by atoms with Gasteiger partial charge < -0.3 is 5.32 Å². The van der Waals surface area contributed by atoms with Gasteiger partial charge in [-0.15, -0.1) is 0 Å². The van der Waals surface area contributed by atoms with E-state index >= 15 is 0 Å². The summed E-state index contributed by atoms with van der Waals surface area (Å²) >= 11 is 0. The van der Waals surface area contributed by atoms with Gasteiger partial charge in [0.2, 0.25) is 0 Å². The third-order valence-corrected chi connectivity index (χ3v) is 2.97. The molecule has 0 aliphatic heterocycles. The zero-order valence-corrected chi connectivity index (χ0v) is 9.48. The topological polar surface area (TPSA) is 29.9 Å². The second-order valence-electron chi connectivity index (χ2n) is 4.16. The summed E-state index contributed by atoms with van der Waals surface area (Å²) in [5, 5.41) is 7.91. The van der Waals surface area contributed by atoms with E-state index in [1.165, 1.54) is 5.56 Å². The molecule has 0 radical (unpaired) electrons. The van der Waals surface area contributed by atoms with Crippen molar-refractivity contribution >= 4 is 0 Å². The molecule has 1 aromatic rings. The number of nitrogens with one attached hydrogen (secondary N) is 1. The average Bonchev–Trinajstić information content (AvgIpc) is 2.86. The molecule has 0 bridgehead atoms. The number of hydrogen-bond acceptors (Lipinski definition) is 2. The SMILES string of the molecule is CCn1cc(C(C)NC2CC=CC2)cn1. The van der Waals surface area contributed by atoms with Crippen molar-refractivity contribution in [1.29, 1.82) is 0 Å². The van der Waals surface area contributed by atoms with E-state index in [1.54, 1.807) is 0 Å². The first-order valence-corrected chi connectivity index (χ1v) is 5.73. The van der Waals surface area contributed by atoms with E-state index < -0.39 is 0 Å². The lowest BCUT2D eigenvalue weighted by Crippen LogP contribution is -2.28. The van der Waals surface area contributed by atoms with Gasteiger partial charge in [-0.25, -0.2) is 0 Å². The van der Waals surface area contributed by atoms with Crippen LogP contribution < -0.4 is 5.32 Å². The van der Waals surface area contributed by atoms with E-state index in [-0.39, 0.29) is 0 Å². The fourth-order valence-corrected chi connectivity index (χ4v) is 1.98. The zero-order chi connectivity index (χ0) is 10.7. The van der Waals surface area contributed by atoms with Gasteiger partial charge in [0.1, 0.15) is 0 Å². The molecule has 0 fully saturated rings. The molecule has 0 saturated heterocycles. The van der Waals surface area contributed by atoms with Crippen LogP contribution in [-0.2, 0) is 6.54 Å². The summed E-state index contributed by atoms with van der Waals surface area (Å²) < 4.78 is 1.97. The molecule has 1 unspecified atom stereocenters. The third kappa shape index (κ3) is 2.48. The summed E-state index contributed by atoms with van der Waals surface area (Å²) in [4.78, 5) is 0. The fourth-order valence-electron chi connectivity index (χ4n) is 1.98. The first-order valence-electron chi connectivity index (χ1n) is 5.73. The molecule has 15 heavy (non-hydrogen) atoms. The minimum absolute atomic E-state index is 0.398. The molecule has 1 N–H and O–H groups in total. The first-order chi connectivity index (χ1) is 7.29. The molecule has 0 spiro atoms. The van der Waals surface area contributed by atoms with E-state index in [4.69, 9.17) is 0 Å². The predicted molar refractivity (Wildman–Crippen MR) is 61.6 cm³/mol. The molecule has 2 rings (SSSR count). The average molecular weight is 205 g/mol. The minimum Gasteiger partial charge on any atom is -0.307 e. The highest BCUT2D eigenvalue weighted by molar-refractivity contribution is 5.10. The van der Waals surface area contributed by atoms with Crippen molar-refractivity contribution < 1.29 is 0 Å². The Labute approximate surface area is 91.2 Å². The molecular weight excluding hydrogens is 186 g/mol. The lowest BCUT2D eigenvalue weighted by Gasteiger charge is -2.17. The van der Waals surface area contributed by atoms with Crippen molar-refractivity contribution in [1.82, 2.24) is 15.1 Å². The number of aromatic nitrogens is 2. The molecular formula is C12H19N3. The summed E-state index contributed by atoms with van der Waals surface area (Å²) in [5.41, 5.74) is 1.28. The second-order valence-corrected chi connectivity index (χ2v) is 4.16. The smallest absolute Gasteiger partial charge is 0.0537 e. The summed E-state index contributed by atoms with van der Waals surface area (Å²) in [6.07, 6.45) is 10.9. The molecule has 3 heteroatoms. The number of aryl methyl sites for hydroxylation is 1. The summed E-state index contributed by atoms with van der Waals surface area (Å²) in [6, 6.07) is 1.01. The molecule has 1 aromatic heterocycles. The summed E-state index contributed by atoms with van der Waals surface area (Å²) in [7, 11) is 0. The van der Waals surface area contributed by atoms with Gasteiger partial charge in [-0.1, -0.05) is 12.2 Å². The Bertz CT molecular complexity index is 332. The van der Waals surface area contributed by atoms with E-state index in [0.717, 1.165) is 19.4 Å². The van der Waals surface area contributed by atoms with Crippen LogP contribution in [0.5, 0.6) is 0 Å². The molecule has 0 aromatic carbocycles. The maximum absolute atomic E-state index is 4.29. The standard InChI is InChI=1S/C12H19N3/c1-3-15-9-11(8-13-15)10(2)14-12-6-4-5-7-12/h4-5,8-10,12,14H,3,6-7H2,1-2H3. The van der Waals surface area contributed by atoms with Gasteiger partial charge in [-0.05, 0) is 26.7 Å². The van der Waals surface area contributed by atoms with Crippen LogP contribution in [0.3, 0.4) is 0 Å². The van der Waals surface area contributed by atoms with Gasteiger partial charge in [0, 0.05) is 30.4 Å².